The van der Waals surface area contributed by atoms with Crippen LogP contribution in [0.1, 0.15) is 24.8 Å². The summed E-state index contributed by atoms with van der Waals surface area (Å²) in [4.78, 5) is 0. The first-order chi connectivity index (χ1) is 6.40. The summed E-state index contributed by atoms with van der Waals surface area (Å²) in [5, 5.41) is 12.5. The molecule has 0 amide bonds. The molecule has 0 aromatic heterocycles. The van der Waals surface area contributed by atoms with Crippen LogP contribution in [0.5, 0.6) is 0 Å². The first-order valence-corrected chi connectivity index (χ1v) is 4.85. The molecule has 0 atom stereocenters. The van der Waals surface area contributed by atoms with Crippen molar-refractivity contribution in [2.24, 2.45) is 0 Å². The zero-order valence-electron chi connectivity index (χ0n) is 7.66. The van der Waals surface area contributed by atoms with Crippen molar-refractivity contribution >= 4 is 5.69 Å². The van der Waals surface area contributed by atoms with Crippen molar-refractivity contribution in [3.8, 4) is 0 Å². The van der Waals surface area contributed by atoms with Gasteiger partial charge < -0.3 is 10.4 Å². The SMILES string of the molecule is OCc1ccccc1NC1CCC1. The molecule has 2 N–H and O–H groups in total. The summed E-state index contributed by atoms with van der Waals surface area (Å²) in [6, 6.07) is 8.58. The minimum absolute atomic E-state index is 0.121. The van der Waals surface area contributed by atoms with Gasteiger partial charge in [0.15, 0.2) is 0 Å². The van der Waals surface area contributed by atoms with Crippen LogP contribution in [-0.4, -0.2) is 11.1 Å². The van der Waals surface area contributed by atoms with Crippen LogP contribution in [0.25, 0.3) is 0 Å². The number of benzene rings is 1. The van der Waals surface area contributed by atoms with Gasteiger partial charge in [0, 0.05) is 17.3 Å². The van der Waals surface area contributed by atoms with Crippen molar-refractivity contribution in [2.75, 3.05) is 5.32 Å². The van der Waals surface area contributed by atoms with Crippen LogP contribution < -0.4 is 5.32 Å². The molecule has 1 aromatic rings. The van der Waals surface area contributed by atoms with Gasteiger partial charge in [0.25, 0.3) is 0 Å². The molecule has 0 unspecified atom stereocenters. The lowest BCUT2D eigenvalue weighted by Gasteiger charge is -2.28. The van der Waals surface area contributed by atoms with Gasteiger partial charge in [0.2, 0.25) is 0 Å². The molecule has 2 heteroatoms. The van der Waals surface area contributed by atoms with Crippen molar-refractivity contribution in [3.63, 3.8) is 0 Å². The van der Waals surface area contributed by atoms with Gasteiger partial charge in [0.05, 0.1) is 6.61 Å². The van der Waals surface area contributed by atoms with Crippen molar-refractivity contribution < 1.29 is 5.11 Å². The Morgan fingerprint density at radius 2 is 2.08 bits per heavy atom. The summed E-state index contributed by atoms with van der Waals surface area (Å²) in [6.45, 7) is 0.121. The van der Waals surface area contributed by atoms with Crippen LogP contribution in [0.4, 0.5) is 5.69 Å². The van der Waals surface area contributed by atoms with Gasteiger partial charge in [-0.3, -0.25) is 0 Å². The Bertz CT molecular complexity index is 281. The molecular weight excluding hydrogens is 162 g/mol. The van der Waals surface area contributed by atoms with Crippen molar-refractivity contribution in [1.82, 2.24) is 0 Å². The second-order valence-corrected chi connectivity index (χ2v) is 3.59. The van der Waals surface area contributed by atoms with Gasteiger partial charge >= 0.3 is 0 Å². The van der Waals surface area contributed by atoms with Gasteiger partial charge in [-0.25, -0.2) is 0 Å². The maximum absolute atomic E-state index is 9.08. The fraction of sp³-hybridized carbons (Fsp3) is 0.455. The van der Waals surface area contributed by atoms with Gasteiger partial charge in [-0.15, -0.1) is 0 Å². The summed E-state index contributed by atoms with van der Waals surface area (Å²) in [5.74, 6) is 0. The Hall–Kier alpha value is -1.02. The molecule has 0 bridgehead atoms. The number of para-hydroxylation sites is 1. The Morgan fingerprint density at radius 1 is 1.31 bits per heavy atom. The average molecular weight is 177 g/mol. The third kappa shape index (κ3) is 1.83. The van der Waals surface area contributed by atoms with Crippen LogP contribution in [0.15, 0.2) is 24.3 Å². The first-order valence-electron chi connectivity index (χ1n) is 4.85. The molecule has 1 aliphatic rings. The maximum Gasteiger partial charge on any atom is 0.0701 e. The van der Waals surface area contributed by atoms with Gasteiger partial charge in [-0.1, -0.05) is 18.2 Å². The average Bonchev–Trinajstić information content (AvgIpc) is 2.12. The third-order valence-corrected chi connectivity index (χ3v) is 2.65. The van der Waals surface area contributed by atoms with Crippen molar-refractivity contribution in [2.45, 2.75) is 31.9 Å². The molecule has 13 heavy (non-hydrogen) atoms. The number of hydrogen-bond acceptors (Lipinski definition) is 2. The van der Waals surface area contributed by atoms with Crippen LogP contribution in [-0.2, 0) is 6.61 Å². The molecule has 0 aliphatic heterocycles. The fourth-order valence-corrected chi connectivity index (χ4v) is 1.57. The molecule has 1 saturated carbocycles. The molecule has 70 valence electrons. The Kier molecular flexibility index (Phi) is 2.50. The molecule has 0 heterocycles. The monoisotopic (exact) mass is 177 g/mol. The third-order valence-electron chi connectivity index (χ3n) is 2.65. The van der Waals surface area contributed by atoms with E-state index in [1.807, 2.05) is 24.3 Å². The number of aliphatic hydroxyl groups is 1. The van der Waals surface area contributed by atoms with Crippen molar-refractivity contribution in [3.05, 3.63) is 29.8 Å². The number of rotatable bonds is 3. The van der Waals surface area contributed by atoms with Crippen LogP contribution in [0.3, 0.4) is 0 Å². The van der Waals surface area contributed by atoms with E-state index in [0.29, 0.717) is 6.04 Å². The number of anilines is 1. The molecule has 1 aliphatic carbocycles. The number of hydrogen-bond donors (Lipinski definition) is 2. The molecule has 2 nitrogen and oxygen atoms in total. The van der Waals surface area contributed by atoms with E-state index in [0.717, 1.165) is 11.3 Å². The second-order valence-electron chi connectivity index (χ2n) is 3.59. The van der Waals surface area contributed by atoms with Gasteiger partial charge in [0.1, 0.15) is 0 Å². The highest BCUT2D eigenvalue weighted by Crippen LogP contribution is 2.25. The lowest BCUT2D eigenvalue weighted by atomic mass is 9.92. The van der Waals surface area contributed by atoms with Crippen LogP contribution in [0.2, 0.25) is 0 Å². The van der Waals surface area contributed by atoms with E-state index in [1.165, 1.54) is 19.3 Å². The standard InChI is InChI=1S/C11H15NO/c13-8-9-4-1-2-7-11(9)12-10-5-3-6-10/h1-2,4,7,10,12-13H,3,5-6,8H2. The van der Waals surface area contributed by atoms with E-state index in [9.17, 15) is 0 Å². The van der Waals surface area contributed by atoms with Gasteiger partial charge in [-0.05, 0) is 25.3 Å². The smallest absolute Gasteiger partial charge is 0.0701 e. The van der Waals surface area contributed by atoms with E-state index in [-0.39, 0.29) is 6.61 Å². The van der Waals surface area contributed by atoms with Crippen molar-refractivity contribution in [1.29, 1.82) is 0 Å². The Morgan fingerprint density at radius 3 is 2.69 bits per heavy atom. The molecule has 1 fully saturated rings. The first kappa shape index (κ1) is 8.57. The summed E-state index contributed by atoms with van der Waals surface area (Å²) in [6.07, 6.45) is 3.86. The predicted octanol–water partition coefficient (Wildman–Crippen LogP) is 2.14. The van der Waals surface area contributed by atoms with E-state index < -0.39 is 0 Å². The molecule has 1 aromatic carbocycles. The zero-order chi connectivity index (χ0) is 9.10. The van der Waals surface area contributed by atoms with E-state index >= 15 is 0 Å². The highest BCUT2D eigenvalue weighted by Gasteiger charge is 2.17. The quantitative estimate of drug-likeness (QED) is 0.741. The molecule has 0 saturated heterocycles. The van der Waals surface area contributed by atoms with E-state index in [4.69, 9.17) is 5.11 Å². The number of nitrogens with one attached hydrogen (secondary N) is 1. The lowest BCUT2D eigenvalue weighted by Crippen LogP contribution is -2.27. The second kappa shape index (κ2) is 3.79. The molecule has 0 radical (unpaired) electrons. The largest absolute Gasteiger partial charge is 0.392 e. The lowest BCUT2D eigenvalue weighted by molar-refractivity contribution is 0.282. The van der Waals surface area contributed by atoms with E-state index in [1.54, 1.807) is 0 Å². The normalized spacial score (nSPS) is 16.7. The van der Waals surface area contributed by atoms with Crippen LogP contribution in [0, 0.1) is 0 Å². The van der Waals surface area contributed by atoms with Gasteiger partial charge in [-0.2, -0.15) is 0 Å². The zero-order valence-corrected chi connectivity index (χ0v) is 7.66. The maximum atomic E-state index is 9.08. The van der Waals surface area contributed by atoms with Crippen LogP contribution >= 0.6 is 0 Å². The molecular formula is C11H15NO. The Labute approximate surface area is 78.6 Å². The molecule has 2 rings (SSSR count). The highest BCUT2D eigenvalue weighted by molar-refractivity contribution is 5.51. The highest BCUT2D eigenvalue weighted by atomic mass is 16.3. The Balaban J connectivity index is 2.08. The topological polar surface area (TPSA) is 32.3 Å². The number of aliphatic hydroxyl groups excluding tert-OH is 1. The van der Waals surface area contributed by atoms with E-state index in [2.05, 4.69) is 5.32 Å². The molecule has 0 spiro atoms. The minimum Gasteiger partial charge on any atom is -0.392 e. The summed E-state index contributed by atoms with van der Waals surface area (Å²) >= 11 is 0. The summed E-state index contributed by atoms with van der Waals surface area (Å²) in [7, 11) is 0. The summed E-state index contributed by atoms with van der Waals surface area (Å²) < 4.78 is 0. The fourth-order valence-electron chi connectivity index (χ4n) is 1.57. The minimum atomic E-state index is 0.121. The predicted molar refractivity (Wildman–Crippen MR) is 53.6 cm³/mol. The summed E-state index contributed by atoms with van der Waals surface area (Å²) in [5.41, 5.74) is 2.09.